The number of nitrogens with zero attached hydrogens (tertiary/aromatic N) is 5. The highest BCUT2D eigenvalue weighted by Crippen LogP contribution is 2.09. The third kappa shape index (κ3) is 2.28. The Morgan fingerprint density at radius 2 is 1.81 bits per heavy atom. The molecule has 0 saturated heterocycles. The van der Waals surface area contributed by atoms with Crippen LogP contribution < -0.4 is 5.73 Å². The second-order valence-electron chi connectivity index (χ2n) is 3.26. The summed E-state index contributed by atoms with van der Waals surface area (Å²) in [4.78, 5) is 20.5. The smallest absolute Gasteiger partial charge is 0.223 e. The van der Waals surface area contributed by atoms with Gasteiger partial charge in [-0.25, -0.2) is 15.0 Å². The molecule has 0 aliphatic carbocycles. The Balaban J connectivity index is 2.41. The average Bonchev–Trinajstić information content (AvgIpc) is 2.30. The minimum atomic E-state index is 0.209. The molecule has 16 heavy (non-hydrogen) atoms. The van der Waals surface area contributed by atoms with Crippen molar-refractivity contribution >= 4 is 5.95 Å². The van der Waals surface area contributed by atoms with Gasteiger partial charge in [-0.05, 0) is 12.5 Å². The van der Waals surface area contributed by atoms with Crippen molar-refractivity contribution < 1.29 is 0 Å². The maximum absolute atomic E-state index is 5.61. The molecule has 0 fully saturated rings. The lowest BCUT2D eigenvalue weighted by Gasteiger charge is -2.02. The lowest BCUT2D eigenvalue weighted by Crippen LogP contribution is -2.06. The van der Waals surface area contributed by atoms with Crippen molar-refractivity contribution in [3.05, 3.63) is 24.3 Å². The van der Waals surface area contributed by atoms with Gasteiger partial charge < -0.3 is 5.73 Å². The largest absolute Gasteiger partial charge is 0.368 e. The molecule has 6 heteroatoms. The molecular formula is C10H12N6. The van der Waals surface area contributed by atoms with Gasteiger partial charge in [-0.15, -0.1) is 0 Å². The normalized spacial score (nSPS) is 10.3. The summed E-state index contributed by atoms with van der Waals surface area (Å²) in [5, 5.41) is 0. The summed E-state index contributed by atoms with van der Waals surface area (Å²) < 4.78 is 0. The molecular weight excluding hydrogens is 204 g/mol. The molecule has 0 aromatic carbocycles. The van der Waals surface area contributed by atoms with Gasteiger partial charge in [0.1, 0.15) is 5.82 Å². The number of rotatable bonds is 3. The second kappa shape index (κ2) is 4.61. The first-order valence-corrected chi connectivity index (χ1v) is 5.07. The molecule has 0 aliphatic rings. The first kappa shape index (κ1) is 10.4. The molecule has 0 saturated carbocycles. The van der Waals surface area contributed by atoms with Crippen molar-refractivity contribution in [3.8, 4) is 11.6 Å². The topological polar surface area (TPSA) is 90.5 Å². The highest BCUT2D eigenvalue weighted by molar-refractivity contribution is 5.43. The Morgan fingerprint density at radius 1 is 1.06 bits per heavy atom. The van der Waals surface area contributed by atoms with E-state index in [1.165, 1.54) is 0 Å². The van der Waals surface area contributed by atoms with Gasteiger partial charge in [0.15, 0.2) is 5.82 Å². The molecule has 0 atom stereocenters. The van der Waals surface area contributed by atoms with Gasteiger partial charge >= 0.3 is 0 Å². The van der Waals surface area contributed by atoms with Gasteiger partial charge in [0.2, 0.25) is 11.8 Å². The van der Waals surface area contributed by atoms with Crippen molar-refractivity contribution in [3.63, 3.8) is 0 Å². The van der Waals surface area contributed by atoms with Gasteiger partial charge in [0, 0.05) is 18.8 Å². The molecule has 82 valence electrons. The van der Waals surface area contributed by atoms with E-state index in [-0.39, 0.29) is 5.95 Å². The monoisotopic (exact) mass is 216 g/mol. The van der Waals surface area contributed by atoms with Crippen LogP contribution in [-0.2, 0) is 6.42 Å². The van der Waals surface area contributed by atoms with E-state index in [1.807, 2.05) is 0 Å². The van der Waals surface area contributed by atoms with Gasteiger partial charge in [-0.1, -0.05) is 6.92 Å². The summed E-state index contributed by atoms with van der Waals surface area (Å²) in [6.45, 7) is 2.05. The number of nitrogens with two attached hydrogens (primary N) is 1. The number of hydrogen-bond donors (Lipinski definition) is 1. The maximum atomic E-state index is 5.61. The summed E-state index contributed by atoms with van der Waals surface area (Å²) >= 11 is 0. The molecule has 2 heterocycles. The number of nitrogen functional groups attached to an aromatic ring is 1. The van der Waals surface area contributed by atoms with Gasteiger partial charge in [-0.2, -0.15) is 9.97 Å². The minimum Gasteiger partial charge on any atom is -0.368 e. The molecule has 0 bridgehead atoms. The highest BCUT2D eigenvalue weighted by atomic mass is 15.1. The fourth-order valence-corrected chi connectivity index (χ4v) is 1.29. The Morgan fingerprint density at radius 3 is 2.50 bits per heavy atom. The van der Waals surface area contributed by atoms with Crippen LogP contribution in [0.4, 0.5) is 5.95 Å². The SMILES string of the molecule is CCCc1nc(N)nc(-c2ncccn2)n1. The molecule has 2 aromatic rings. The van der Waals surface area contributed by atoms with Crippen LogP contribution in [0.2, 0.25) is 0 Å². The van der Waals surface area contributed by atoms with E-state index in [4.69, 9.17) is 5.73 Å². The molecule has 0 unspecified atom stereocenters. The van der Waals surface area contributed by atoms with Crippen LogP contribution in [0.25, 0.3) is 11.6 Å². The van der Waals surface area contributed by atoms with E-state index < -0.39 is 0 Å². The standard InChI is InChI=1S/C10H12N6/c1-2-4-7-14-9(16-10(11)15-7)8-12-5-3-6-13-8/h3,5-6H,2,4H2,1H3,(H2,11,14,15,16). The van der Waals surface area contributed by atoms with Gasteiger partial charge in [0.05, 0.1) is 0 Å². The summed E-state index contributed by atoms with van der Waals surface area (Å²) in [6, 6.07) is 1.74. The van der Waals surface area contributed by atoms with E-state index >= 15 is 0 Å². The maximum Gasteiger partial charge on any atom is 0.223 e. The number of anilines is 1. The predicted molar refractivity (Wildman–Crippen MR) is 59.3 cm³/mol. The number of aryl methyl sites for hydroxylation is 1. The summed E-state index contributed by atoms with van der Waals surface area (Å²) in [5.74, 6) is 1.78. The van der Waals surface area contributed by atoms with Crippen LogP contribution >= 0.6 is 0 Å². The van der Waals surface area contributed by atoms with Crippen LogP contribution in [0, 0.1) is 0 Å². The number of hydrogen-bond acceptors (Lipinski definition) is 6. The first-order valence-electron chi connectivity index (χ1n) is 5.07. The summed E-state index contributed by atoms with van der Waals surface area (Å²) in [5.41, 5.74) is 5.61. The molecule has 0 radical (unpaired) electrons. The minimum absolute atomic E-state index is 0.209. The van der Waals surface area contributed by atoms with Crippen molar-refractivity contribution in [2.75, 3.05) is 5.73 Å². The van der Waals surface area contributed by atoms with E-state index in [0.29, 0.717) is 17.5 Å². The molecule has 2 aromatic heterocycles. The van der Waals surface area contributed by atoms with E-state index in [0.717, 1.165) is 12.8 Å². The quantitative estimate of drug-likeness (QED) is 0.818. The van der Waals surface area contributed by atoms with Crippen LogP contribution in [0.3, 0.4) is 0 Å². The Bertz CT molecular complexity index is 470. The van der Waals surface area contributed by atoms with E-state index in [2.05, 4.69) is 31.8 Å². The molecule has 6 nitrogen and oxygen atoms in total. The predicted octanol–water partition coefficient (Wildman–Crippen LogP) is 0.863. The zero-order valence-corrected chi connectivity index (χ0v) is 8.96. The zero-order valence-electron chi connectivity index (χ0n) is 8.96. The Kier molecular flexibility index (Phi) is 3.00. The van der Waals surface area contributed by atoms with Crippen LogP contribution in [-0.4, -0.2) is 24.9 Å². The Hall–Kier alpha value is -2.11. The van der Waals surface area contributed by atoms with Gasteiger partial charge in [-0.3, -0.25) is 0 Å². The van der Waals surface area contributed by atoms with Crippen molar-refractivity contribution in [2.24, 2.45) is 0 Å². The van der Waals surface area contributed by atoms with E-state index in [9.17, 15) is 0 Å². The summed E-state index contributed by atoms with van der Waals surface area (Å²) in [6.07, 6.45) is 5.01. The lowest BCUT2D eigenvalue weighted by atomic mass is 10.3. The fraction of sp³-hybridized carbons (Fsp3) is 0.300. The molecule has 2 N–H and O–H groups in total. The van der Waals surface area contributed by atoms with E-state index in [1.54, 1.807) is 18.5 Å². The summed E-state index contributed by atoms with van der Waals surface area (Å²) in [7, 11) is 0. The highest BCUT2D eigenvalue weighted by Gasteiger charge is 2.07. The number of aromatic nitrogens is 5. The zero-order chi connectivity index (χ0) is 11.4. The molecule has 0 amide bonds. The van der Waals surface area contributed by atoms with Crippen molar-refractivity contribution in [1.82, 2.24) is 24.9 Å². The average molecular weight is 216 g/mol. The van der Waals surface area contributed by atoms with Crippen LogP contribution in [0.5, 0.6) is 0 Å². The third-order valence-corrected chi connectivity index (χ3v) is 1.94. The first-order chi connectivity index (χ1) is 7.79. The van der Waals surface area contributed by atoms with Crippen molar-refractivity contribution in [2.45, 2.75) is 19.8 Å². The Labute approximate surface area is 93.0 Å². The van der Waals surface area contributed by atoms with Crippen LogP contribution in [0.1, 0.15) is 19.2 Å². The lowest BCUT2D eigenvalue weighted by molar-refractivity contribution is 0.821. The van der Waals surface area contributed by atoms with Gasteiger partial charge in [0.25, 0.3) is 0 Å². The van der Waals surface area contributed by atoms with Crippen LogP contribution in [0.15, 0.2) is 18.5 Å². The molecule has 0 spiro atoms. The fourth-order valence-electron chi connectivity index (χ4n) is 1.29. The second-order valence-corrected chi connectivity index (χ2v) is 3.26. The molecule has 2 rings (SSSR count). The van der Waals surface area contributed by atoms with Crippen molar-refractivity contribution in [1.29, 1.82) is 0 Å². The molecule has 0 aliphatic heterocycles. The third-order valence-electron chi connectivity index (χ3n) is 1.94.